The zero-order chi connectivity index (χ0) is 22.3. The number of nitrogen functional groups attached to an aromatic ring is 1. The van der Waals surface area contributed by atoms with Crippen LogP contribution in [0.4, 0.5) is 5.82 Å². The molecule has 2 aromatic rings. The predicted molar refractivity (Wildman–Crippen MR) is 108 cm³/mol. The fourth-order valence-corrected chi connectivity index (χ4v) is 4.84. The van der Waals surface area contributed by atoms with Crippen LogP contribution in [0.3, 0.4) is 0 Å². The van der Waals surface area contributed by atoms with Crippen LogP contribution in [0, 0.1) is 0 Å². The SMILES string of the molecule is CCC(CC)(CC1CC(O)C(n2cnc3c(N)[n+](O)cnc32)O1)OP(=O)(O)C(C)C. The van der Waals surface area contributed by atoms with Crippen molar-refractivity contribution in [1.82, 2.24) is 14.5 Å². The van der Waals surface area contributed by atoms with Crippen molar-refractivity contribution >= 4 is 24.6 Å². The Hall–Kier alpha value is -1.78. The maximum absolute atomic E-state index is 12.5. The number of nitrogens with zero attached hydrogens (tertiary/aromatic N) is 4. The Morgan fingerprint density at radius 2 is 2.10 bits per heavy atom. The number of anilines is 1. The lowest BCUT2D eigenvalue weighted by Gasteiger charge is -2.36. The van der Waals surface area contributed by atoms with Crippen LogP contribution in [0.1, 0.15) is 59.6 Å². The monoisotopic (exact) mass is 444 g/mol. The van der Waals surface area contributed by atoms with Gasteiger partial charge in [-0.25, -0.2) is 4.98 Å². The number of imidazole rings is 1. The van der Waals surface area contributed by atoms with Crippen molar-refractivity contribution in [3.05, 3.63) is 12.7 Å². The van der Waals surface area contributed by atoms with Gasteiger partial charge in [0.15, 0.2) is 6.23 Å². The Bertz CT molecular complexity index is 947. The Morgan fingerprint density at radius 1 is 1.43 bits per heavy atom. The first-order chi connectivity index (χ1) is 14.0. The van der Waals surface area contributed by atoms with Crippen molar-refractivity contribution < 1.29 is 33.8 Å². The summed E-state index contributed by atoms with van der Waals surface area (Å²) < 4.78 is 26.7. The van der Waals surface area contributed by atoms with Crippen molar-refractivity contribution in [2.75, 3.05) is 5.73 Å². The number of nitrogens with two attached hydrogens (primary N) is 1. The first kappa shape index (κ1) is 22.9. The molecular weight excluding hydrogens is 413 g/mol. The molecule has 0 amide bonds. The molecule has 1 saturated heterocycles. The van der Waals surface area contributed by atoms with E-state index in [0.29, 0.717) is 36.1 Å². The van der Waals surface area contributed by atoms with E-state index in [1.807, 2.05) is 13.8 Å². The minimum Gasteiger partial charge on any atom is -0.388 e. The second-order valence-electron chi connectivity index (χ2n) is 8.09. The third-order valence-electron chi connectivity index (χ3n) is 5.85. The number of aliphatic hydroxyl groups excluding tert-OH is 1. The van der Waals surface area contributed by atoms with E-state index in [0.717, 1.165) is 6.33 Å². The average Bonchev–Trinajstić information content (AvgIpc) is 3.27. The van der Waals surface area contributed by atoms with E-state index >= 15 is 0 Å². The fraction of sp³-hybridized carbons (Fsp3) is 0.722. The first-order valence-electron chi connectivity index (χ1n) is 10.1. The van der Waals surface area contributed by atoms with Crippen molar-refractivity contribution in [3.63, 3.8) is 0 Å². The molecule has 3 rings (SSSR count). The molecule has 12 heteroatoms. The Labute approximate surface area is 175 Å². The Kier molecular flexibility index (Phi) is 6.41. The van der Waals surface area contributed by atoms with Crippen LogP contribution in [0.5, 0.6) is 0 Å². The topological polar surface area (TPSA) is 157 Å². The van der Waals surface area contributed by atoms with Crippen molar-refractivity contribution in [1.29, 1.82) is 0 Å². The minimum atomic E-state index is -3.78. The van der Waals surface area contributed by atoms with Gasteiger partial charge in [0.25, 0.3) is 12.1 Å². The molecule has 11 nitrogen and oxygen atoms in total. The molecule has 3 heterocycles. The van der Waals surface area contributed by atoms with Crippen molar-refractivity contribution in [3.8, 4) is 0 Å². The van der Waals surface area contributed by atoms with Gasteiger partial charge < -0.3 is 30.2 Å². The molecule has 0 radical (unpaired) electrons. The van der Waals surface area contributed by atoms with Gasteiger partial charge in [-0.15, -0.1) is 0 Å². The van der Waals surface area contributed by atoms with Crippen LogP contribution in [0.15, 0.2) is 12.7 Å². The summed E-state index contributed by atoms with van der Waals surface area (Å²) in [6.45, 7) is 7.13. The van der Waals surface area contributed by atoms with E-state index in [1.54, 1.807) is 18.4 Å². The normalized spacial score (nSPS) is 24.6. The third kappa shape index (κ3) is 4.17. The number of hydrogen-bond acceptors (Lipinski definition) is 8. The molecular formula is C18H31N5O6P+. The third-order valence-corrected chi connectivity index (χ3v) is 7.81. The molecule has 1 aliphatic rings. The molecule has 0 aliphatic carbocycles. The molecule has 168 valence electrons. The van der Waals surface area contributed by atoms with E-state index in [-0.39, 0.29) is 11.3 Å². The minimum absolute atomic E-state index is 0.0274. The number of rotatable bonds is 8. The lowest BCUT2D eigenvalue weighted by molar-refractivity contribution is -0.894. The number of aliphatic hydroxyl groups is 1. The number of aromatic nitrogens is 4. The lowest BCUT2D eigenvalue weighted by Crippen LogP contribution is -2.35. The van der Waals surface area contributed by atoms with Gasteiger partial charge in [0.2, 0.25) is 11.2 Å². The summed E-state index contributed by atoms with van der Waals surface area (Å²) in [6, 6.07) is 0. The molecule has 1 aliphatic heterocycles. The van der Waals surface area contributed by atoms with Gasteiger partial charge in [0.1, 0.15) is 12.4 Å². The summed E-state index contributed by atoms with van der Waals surface area (Å²) in [5, 5.41) is 20.3. The van der Waals surface area contributed by atoms with E-state index < -0.39 is 37.3 Å². The molecule has 0 saturated carbocycles. The van der Waals surface area contributed by atoms with E-state index in [4.69, 9.17) is 15.0 Å². The molecule has 0 aromatic carbocycles. The van der Waals surface area contributed by atoms with Gasteiger partial charge in [-0.1, -0.05) is 37.4 Å². The van der Waals surface area contributed by atoms with Crippen LogP contribution >= 0.6 is 7.60 Å². The molecule has 0 spiro atoms. The van der Waals surface area contributed by atoms with Crippen LogP contribution in [0.2, 0.25) is 0 Å². The summed E-state index contributed by atoms with van der Waals surface area (Å²) in [5.41, 5.74) is 5.13. The molecule has 2 aromatic heterocycles. The summed E-state index contributed by atoms with van der Waals surface area (Å²) in [5.74, 6) is 0.0274. The van der Waals surface area contributed by atoms with E-state index in [2.05, 4.69) is 9.97 Å². The van der Waals surface area contributed by atoms with E-state index in [1.165, 1.54) is 6.33 Å². The lowest BCUT2D eigenvalue weighted by atomic mass is 9.89. The molecule has 30 heavy (non-hydrogen) atoms. The first-order valence-corrected chi connectivity index (χ1v) is 11.8. The maximum Gasteiger partial charge on any atom is 0.331 e. The maximum atomic E-state index is 12.5. The van der Waals surface area contributed by atoms with Crippen LogP contribution in [0.25, 0.3) is 11.2 Å². The second kappa shape index (κ2) is 8.39. The van der Waals surface area contributed by atoms with Crippen LogP contribution < -0.4 is 10.5 Å². The van der Waals surface area contributed by atoms with Gasteiger partial charge in [-0.05, 0) is 12.8 Å². The van der Waals surface area contributed by atoms with E-state index in [9.17, 15) is 19.8 Å². The van der Waals surface area contributed by atoms with Crippen molar-refractivity contribution in [2.45, 2.75) is 83.1 Å². The summed E-state index contributed by atoms with van der Waals surface area (Å²) in [7, 11) is -3.78. The smallest absolute Gasteiger partial charge is 0.331 e. The van der Waals surface area contributed by atoms with Gasteiger partial charge >= 0.3 is 7.60 Å². The van der Waals surface area contributed by atoms with Gasteiger partial charge in [-0.3, -0.25) is 9.13 Å². The predicted octanol–water partition coefficient (Wildman–Crippen LogP) is 1.75. The zero-order valence-electron chi connectivity index (χ0n) is 17.7. The second-order valence-corrected chi connectivity index (χ2v) is 10.4. The molecule has 0 bridgehead atoms. The van der Waals surface area contributed by atoms with Crippen LogP contribution in [-0.2, 0) is 13.8 Å². The summed E-state index contributed by atoms with van der Waals surface area (Å²) in [6.07, 6.45) is 2.37. The number of hydrogen-bond donors (Lipinski definition) is 4. The highest BCUT2D eigenvalue weighted by Crippen LogP contribution is 2.53. The Morgan fingerprint density at radius 3 is 2.70 bits per heavy atom. The largest absolute Gasteiger partial charge is 0.388 e. The quantitative estimate of drug-likeness (QED) is 0.270. The van der Waals surface area contributed by atoms with Gasteiger partial charge in [0.05, 0.1) is 17.4 Å². The molecule has 4 unspecified atom stereocenters. The number of fused-ring (bicyclic) bond motifs is 1. The fourth-order valence-electron chi connectivity index (χ4n) is 3.74. The highest BCUT2D eigenvalue weighted by molar-refractivity contribution is 7.53. The standard InChI is InChI=1S/C18H30N5O6P/c1-5-18(6-2,29-30(26,27)11(3)4)8-12-7-13(24)17(28-12)22-9-20-14-15(19)23(25)10-21-16(14)22/h9-13,17,19,24-25H,5-8H2,1-4H3,(H,26,27)/p+1. The van der Waals surface area contributed by atoms with Gasteiger partial charge in [0, 0.05) is 12.8 Å². The molecule has 5 N–H and O–H groups in total. The molecule has 4 atom stereocenters. The number of ether oxygens (including phenoxy) is 1. The highest BCUT2D eigenvalue weighted by Gasteiger charge is 2.44. The van der Waals surface area contributed by atoms with Crippen LogP contribution in [-0.4, -0.2) is 53.2 Å². The average molecular weight is 444 g/mol. The van der Waals surface area contributed by atoms with Gasteiger partial charge in [-0.2, -0.15) is 0 Å². The molecule has 1 fully saturated rings. The Balaban J connectivity index is 1.82. The zero-order valence-corrected chi connectivity index (χ0v) is 18.6. The highest BCUT2D eigenvalue weighted by atomic mass is 31.2. The van der Waals surface area contributed by atoms with Crippen molar-refractivity contribution in [2.24, 2.45) is 0 Å². The summed E-state index contributed by atoms with van der Waals surface area (Å²) in [4.78, 5) is 18.6. The summed E-state index contributed by atoms with van der Waals surface area (Å²) >= 11 is 0.